The second-order valence-corrected chi connectivity index (χ2v) is 5.77. The van der Waals surface area contributed by atoms with Crippen molar-refractivity contribution in [1.29, 1.82) is 0 Å². The fraction of sp³-hybridized carbons (Fsp3) is 0.529. The van der Waals surface area contributed by atoms with Gasteiger partial charge in [-0.05, 0) is 31.9 Å². The molecule has 0 aromatic heterocycles. The molecular weight excluding hydrogens is 307 g/mol. The van der Waals surface area contributed by atoms with E-state index in [4.69, 9.17) is 4.74 Å². The molecule has 1 heterocycles. The van der Waals surface area contributed by atoms with Crippen LogP contribution in [0.25, 0.3) is 0 Å². The second kappa shape index (κ2) is 7.15. The summed E-state index contributed by atoms with van der Waals surface area (Å²) in [6.07, 6.45) is -3.17. The summed E-state index contributed by atoms with van der Waals surface area (Å²) in [5.74, 6) is 0.298. The zero-order valence-electron chi connectivity index (χ0n) is 13.2. The predicted octanol–water partition coefficient (Wildman–Crippen LogP) is 5.11. The highest BCUT2D eigenvalue weighted by atomic mass is 19.4. The fourth-order valence-corrected chi connectivity index (χ4v) is 2.78. The summed E-state index contributed by atoms with van der Waals surface area (Å²) < 4.78 is 41.4. The number of nitrogens with zero attached hydrogens (tertiary/aromatic N) is 1. The van der Waals surface area contributed by atoms with Crippen LogP contribution in [0.4, 0.5) is 18.9 Å². The lowest BCUT2D eigenvalue weighted by Crippen LogP contribution is -2.25. The number of rotatable bonds is 6. The summed E-state index contributed by atoms with van der Waals surface area (Å²) >= 11 is 0. The van der Waals surface area contributed by atoms with E-state index < -0.39 is 12.6 Å². The Balaban J connectivity index is 1.96. The highest BCUT2D eigenvalue weighted by molar-refractivity contribution is 6.17. The highest BCUT2D eigenvalue weighted by Crippen LogP contribution is 2.34. The van der Waals surface area contributed by atoms with Crippen LogP contribution in [0, 0.1) is 5.92 Å². The number of benzene rings is 1. The van der Waals surface area contributed by atoms with Crippen molar-refractivity contribution in [3.63, 3.8) is 0 Å². The van der Waals surface area contributed by atoms with Gasteiger partial charge < -0.3 is 4.74 Å². The standard InChI is InChI=1S/C17H20F3NO2/c1-11-13(6-4-3-5-9-17(18,19)20)16(22)14-8-7-12(23-2)10-15(14)21-11/h7-8,10,13H,3-6,9H2,1-2H3. The number of halogens is 3. The Labute approximate surface area is 133 Å². The largest absolute Gasteiger partial charge is 0.497 e. The third-order valence-electron chi connectivity index (χ3n) is 4.04. The lowest BCUT2D eigenvalue weighted by Gasteiger charge is -2.22. The van der Waals surface area contributed by atoms with Gasteiger partial charge in [0.15, 0.2) is 5.78 Å². The van der Waals surface area contributed by atoms with Gasteiger partial charge in [0.25, 0.3) is 0 Å². The number of hydrogen-bond acceptors (Lipinski definition) is 3. The molecule has 23 heavy (non-hydrogen) atoms. The molecule has 0 fully saturated rings. The van der Waals surface area contributed by atoms with Crippen molar-refractivity contribution in [2.45, 2.75) is 45.2 Å². The topological polar surface area (TPSA) is 38.7 Å². The van der Waals surface area contributed by atoms with Crippen LogP contribution >= 0.6 is 0 Å². The van der Waals surface area contributed by atoms with Crippen molar-refractivity contribution in [3.05, 3.63) is 23.8 Å². The van der Waals surface area contributed by atoms with Gasteiger partial charge in [0.1, 0.15) is 5.75 Å². The molecule has 126 valence electrons. The second-order valence-electron chi connectivity index (χ2n) is 5.77. The molecule has 0 radical (unpaired) electrons. The lowest BCUT2D eigenvalue weighted by atomic mass is 9.86. The first kappa shape index (κ1) is 17.5. The van der Waals surface area contributed by atoms with E-state index >= 15 is 0 Å². The van der Waals surface area contributed by atoms with Gasteiger partial charge in [-0.3, -0.25) is 9.79 Å². The summed E-state index contributed by atoms with van der Waals surface area (Å²) in [5.41, 5.74) is 1.86. The molecule has 0 bridgehead atoms. The molecule has 1 aliphatic rings. The average molecular weight is 327 g/mol. The number of carbonyl (C=O) groups is 1. The number of fused-ring (bicyclic) bond motifs is 1. The summed E-state index contributed by atoms with van der Waals surface area (Å²) in [4.78, 5) is 17.0. The number of Topliss-reactive ketones (excluding diaryl/α,β-unsaturated/α-hetero) is 1. The molecule has 0 saturated carbocycles. The van der Waals surface area contributed by atoms with Crippen LogP contribution in [0.3, 0.4) is 0 Å². The molecule has 3 nitrogen and oxygen atoms in total. The van der Waals surface area contributed by atoms with E-state index in [1.54, 1.807) is 32.2 Å². The van der Waals surface area contributed by atoms with Gasteiger partial charge in [0, 0.05) is 23.8 Å². The Kier molecular flexibility index (Phi) is 5.44. The monoisotopic (exact) mass is 327 g/mol. The van der Waals surface area contributed by atoms with Gasteiger partial charge in [-0.1, -0.05) is 12.8 Å². The Morgan fingerprint density at radius 1 is 1.22 bits per heavy atom. The normalized spacial score (nSPS) is 17.7. The highest BCUT2D eigenvalue weighted by Gasteiger charge is 2.29. The lowest BCUT2D eigenvalue weighted by molar-refractivity contribution is -0.135. The number of methoxy groups -OCH3 is 1. The van der Waals surface area contributed by atoms with E-state index in [-0.39, 0.29) is 18.1 Å². The molecule has 6 heteroatoms. The Hall–Kier alpha value is -1.85. The third kappa shape index (κ3) is 4.56. The number of hydrogen-bond donors (Lipinski definition) is 0. The number of alkyl halides is 3. The predicted molar refractivity (Wildman–Crippen MR) is 82.7 cm³/mol. The van der Waals surface area contributed by atoms with E-state index in [9.17, 15) is 18.0 Å². The van der Waals surface area contributed by atoms with Crippen molar-refractivity contribution < 1.29 is 22.7 Å². The number of aliphatic imine (C=N–C) groups is 1. The number of ketones is 1. The number of unbranched alkanes of at least 4 members (excludes halogenated alkanes) is 2. The molecule has 0 aliphatic carbocycles. The molecule has 1 unspecified atom stereocenters. The van der Waals surface area contributed by atoms with E-state index in [0.717, 1.165) is 0 Å². The van der Waals surface area contributed by atoms with Gasteiger partial charge in [0.05, 0.1) is 18.7 Å². The van der Waals surface area contributed by atoms with Crippen LogP contribution in [0.5, 0.6) is 5.75 Å². The number of ether oxygens (including phenoxy) is 1. The molecule has 0 amide bonds. The Bertz CT molecular complexity index is 608. The van der Waals surface area contributed by atoms with Gasteiger partial charge in [-0.15, -0.1) is 0 Å². The van der Waals surface area contributed by atoms with Crippen LogP contribution in [-0.2, 0) is 0 Å². The van der Waals surface area contributed by atoms with Gasteiger partial charge in [0.2, 0.25) is 0 Å². The SMILES string of the molecule is COc1ccc2c(c1)N=C(C)C(CCCCCC(F)(F)F)C2=O. The first-order chi connectivity index (χ1) is 10.8. The molecule has 2 rings (SSSR count). The maximum absolute atomic E-state index is 12.5. The molecule has 1 atom stereocenters. The van der Waals surface area contributed by atoms with E-state index in [1.165, 1.54) is 0 Å². The molecular formula is C17H20F3NO2. The molecule has 0 saturated heterocycles. The van der Waals surface area contributed by atoms with Crippen LogP contribution in [-0.4, -0.2) is 24.8 Å². The van der Waals surface area contributed by atoms with Crippen LogP contribution < -0.4 is 4.74 Å². The third-order valence-corrected chi connectivity index (χ3v) is 4.04. The van der Waals surface area contributed by atoms with Gasteiger partial charge in [-0.25, -0.2) is 0 Å². The van der Waals surface area contributed by atoms with Crippen molar-refractivity contribution in [3.8, 4) is 5.75 Å². The quantitative estimate of drug-likeness (QED) is 0.681. The molecule has 1 aromatic carbocycles. The van der Waals surface area contributed by atoms with Crippen molar-refractivity contribution >= 4 is 17.2 Å². The van der Waals surface area contributed by atoms with E-state index in [2.05, 4.69) is 4.99 Å². The minimum absolute atomic E-state index is 0.00836. The van der Waals surface area contributed by atoms with Gasteiger partial charge >= 0.3 is 6.18 Å². The molecule has 1 aromatic rings. The summed E-state index contributed by atoms with van der Waals surface area (Å²) in [6.45, 7) is 1.79. The summed E-state index contributed by atoms with van der Waals surface area (Å²) in [6, 6.07) is 5.13. The maximum Gasteiger partial charge on any atom is 0.389 e. The minimum Gasteiger partial charge on any atom is -0.497 e. The van der Waals surface area contributed by atoms with Crippen LogP contribution in [0.1, 0.15) is 49.4 Å². The first-order valence-electron chi connectivity index (χ1n) is 7.66. The number of carbonyl (C=O) groups excluding carboxylic acids is 1. The van der Waals surface area contributed by atoms with Crippen LogP contribution in [0.2, 0.25) is 0 Å². The zero-order valence-corrected chi connectivity index (χ0v) is 13.2. The van der Waals surface area contributed by atoms with Crippen molar-refractivity contribution in [1.82, 2.24) is 0 Å². The van der Waals surface area contributed by atoms with E-state index in [0.29, 0.717) is 42.0 Å². The minimum atomic E-state index is -4.10. The average Bonchev–Trinajstić information content (AvgIpc) is 2.48. The zero-order chi connectivity index (χ0) is 17.0. The fourth-order valence-electron chi connectivity index (χ4n) is 2.78. The maximum atomic E-state index is 12.5. The first-order valence-corrected chi connectivity index (χ1v) is 7.66. The van der Waals surface area contributed by atoms with Crippen molar-refractivity contribution in [2.75, 3.05) is 7.11 Å². The smallest absolute Gasteiger partial charge is 0.389 e. The van der Waals surface area contributed by atoms with E-state index in [1.807, 2.05) is 0 Å². The summed E-state index contributed by atoms with van der Waals surface area (Å²) in [7, 11) is 1.55. The van der Waals surface area contributed by atoms with Crippen LogP contribution in [0.15, 0.2) is 23.2 Å². The van der Waals surface area contributed by atoms with Crippen molar-refractivity contribution in [2.24, 2.45) is 10.9 Å². The van der Waals surface area contributed by atoms with Gasteiger partial charge in [-0.2, -0.15) is 13.2 Å². The molecule has 0 spiro atoms. The Morgan fingerprint density at radius 2 is 1.96 bits per heavy atom. The Morgan fingerprint density at radius 3 is 2.61 bits per heavy atom. The molecule has 1 aliphatic heterocycles. The molecule has 0 N–H and O–H groups in total. The summed E-state index contributed by atoms with van der Waals surface area (Å²) in [5, 5.41) is 0.